The number of hydrogen-bond acceptors (Lipinski definition) is 5. The number of halogens is 1. The monoisotopic (exact) mass is 426 g/mol. The average molecular weight is 427 g/mol. The Balaban J connectivity index is 1.94. The molecular weight excluding hydrogens is 408 g/mol. The molecule has 2 aliphatic heterocycles. The van der Waals surface area contributed by atoms with Crippen LogP contribution in [0.15, 0.2) is 57.9 Å². The summed E-state index contributed by atoms with van der Waals surface area (Å²) in [7, 11) is 0. The molecule has 1 aromatic carbocycles. The van der Waals surface area contributed by atoms with Crippen LogP contribution in [0.4, 0.5) is 0 Å². The summed E-state index contributed by atoms with van der Waals surface area (Å²) >= 11 is 3.56. The lowest BCUT2D eigenvalue weighted by Crippen LogP contribution is -2.24. The van der Waals surface area contributed by atoms with Crippen molar-refractivity contribution in [3.8, 4) is 5.69 Å². The van der Waals surface area contributed by atoms with Crippen LogP contribution in [-0.4, -0.2) is 34.4 Å². The van der Waals surface area contributed by atoms with Crippen LogP contribution in [0.2, 0.25) is 0 Å². The third-order valence-corrected chi connectivity index (χ3v) is 5.02. The van der Waals surface area contributed by atoms with Gasteiger partial charge in [0.15, 0.2) is 5.69 Å². The molecule has 0 aliphatic carbocycles. The summed E-state index contributed by atoms with van der Waals surface area (Å²) in [5.74, 6) is -0.423. The van der Waals surface area contributed by atoms with Gasteiger partial charge >= 0.3 is 5.97 Å². The molecule has 0 bridgehead atoms. The fourth-order valence-electron chi connectivity index (χ4n) is 3.38. The standard InChI is InChI=1S/C20H19BrN4O2/c1-3-27-20(26)18-19-12(2)24-17(15-6-4-5-9-22-15)14-10-13(21)7-8-16(14)25(19)11-23-18/h4-8,10-12,22H,3,9H2,1-2H3/t12-/m1/s1. The minimum absolute atomic E-state index is 0.262. The Labute approximate surface area is 165 Å². The van der Waals surface area contributed by atoms with E-state index < -0.39 is 5.97 Å². The lowest BCUT2D eigenvalue weighted by Gasteiger charge is -2.17. The topological polar surface area (TPSA) is 68.5 Å². The highest BCUT2D eigenvalue weighted by Crippen LogP contribution is 2.33. The van der Waals surface area contributed by atoms with Gasteiger partial charge in [0.1, 0.15) is 6.33 Å². The molecule has 2 aromatic rings. The molecule has 27 heavy (non-hydrogen) atoms. The minimum atomic E-state index is -0.423. The van der Waals surface area contributed by atoms with Crippen molar-refractivity contribution >= 4 is 27.6 Å². The lowest BCUT2D eigenvalue weighted by molar-refractivity contribution is 0.0518. The molecule has 6 nitrogen and oxygen atoms in total. The predicted octanol–water partition coefficient (Wildman–Crippen LogP) is 3.72. The molecule has 0 fully saturated rings. The first-order valence-corrected chi connectivity index (χ1v) is 9.63. The van der Waals surface area contributed by atoms with Crippen LogP contribution < -0.4 is 5.32 Å². The Morgan fingerprint density at radius 3 is 3.04 bits per heavy atom. The molecule has 0 amide bonds. The molecule has 138 valence electrons. The number of carbonyl (C=O) groups is 1. The van der Waals surface area contributed by atoms with E-state index in [0.29, 0.717) is 12.3 Å². The zero-order valence-corrected chi connectivity index (χ0v) is 16.7. The van der Waals surface area contributed by atoms with Gasteiger partial charge in [-0.25, -0.2) is 9.78 Å². The Kier molecular flexibility index (Phi) is 4.70. The molecule has 0 radical (unpaired) electrons. The van der Waals surface area contributed by atoms with Crippen LogP contribution >= 0.6 is 15.9 Å². The van der Waals surface area contributed by atoms with Gasteiger partial charge in [0.2, 0.25) is 0 Å². The number of nitrogens with one attached hydrogen (secondary N) is 1. The molecule has 0 saturated carbocycles. The fraction of sp³-hybridized carbons (Fsp3) is 0.250. The fourth-order valence-corrected chi connectivity index (χ4v) is 3.74. The van der Waals surface area contributed by atoms with E-state index in [1.807, 2.05) is 41.8 Å². The van der Waals surface area contributed by atoms with Gasteiger partial charge in [-0.2, -0.15) is 0 Å². The molecule has 4 rings (SSSR count). The molecular formula is C20H19BrN4O2. The largest absolute Gasteiger partial charge is 0.461 e. The summed E-state index contributed by atoms with van der Waals surface area (Å²) in [5, 5.41) is 3.39. The number of allylic oxidation sites excluding steroid dienone is 3. The number of ether oxygens (including phenoxy) is 1. The number of nitrogens with zero attached hydrogens (tertiary/aromatic N) is 3. The number of esters is 1. The Hall–Kier alpha value is -2.67. The van der Waals surface area contributed by atoms with Gasteiger partial charge < -0.3 is 10.1 Å². The van der Waals surface area contributed by atoms with Crippen molar-refractivity contribution < 1.29 is 9.53 Å². The third kappa shape index (κ3) is 3.12. The van der Waals surface area contributed by atoms with Crippen molar-refractivity contribution in [2.45, 2.75) is 19.9 Å². The predicted molar refractivity (Wildman–Crippen MR) is 107 cm³/mol. The van der Waals surface area contributed by atoms with Crippen LogP contribution in [0.1, 0.15) is 41.6 Å². The molecule has 0 unspecified atom stereocenters. The SMILES string of the molecule is CCOC(=O)c1ncn2c1[C@@H](C)N=C(C1=CC=CCN1)c1cc(Br)ccc1-2. The first kappa shape index (κ1) is 17.7. The number of rotatable bonds is 3. The van der Waals surface area contributed by atoms with Crippen molar-refractivity contribution in [2.24, 2.45) is 4.99 Å². The van der Waals surface area contributed by atoms with Gasteiger partial charge in [0.05, 0.1) is 35.4 Å². The summed E-state index contributed by atoms with van der Waals surface area (Å²) in [6.45, 7) is 4.81. The van der Waals surface area contributed by atoms with E-state index in [4.69, 9.17) is 9.73 Å². The number of aromatic nitrogens is 2. The van der Waals surface area contributed by atoms with E-state index in [2.05, 4.69) is 32.3 Å². The highest BCUT2D eigenvalue weighted by Gasteiger charge is 2.29. The Morgan fingerprint density at radius 2 is 2.30 bits per heavy atom. The van der Waals surface area contributed by atoms with Crippen molar-refractivity contribution in [2.75, 3.05) is 13.2 Å². The van der Waals surface area contributed by atoms with Gasteiger partial charge in [-0.15, -0.1) is 0 Å². The van der Waals surface area contributed by atoms with E-state index in [0.717, 1.165) is 39.4 Å². The number of fused-ring (bicyclic) bond motifs is 3. The van der Waals surface area contributed by atoms with E-state index >= 15 is 0 Å². The zero-order chi connectivity index (χ0) is 19.0. The van der Waals surface area contributed by atoms with E-state index in [-0.39, 0.29) is 6.04 Å². The number of hydrogen-bond donors (Lipinski definition) is 1. The summed E-state index contributed by atoms with van der Waals surface area (Å²) in [4.78, 5) is 21.7. The molecule has 1 N–H and O–H groups in total. The summed E-state index contributed by atoms with van der Waals surface area (Å²) < 4.78 is 8.09. The third-order valence-electron chi connectivity index (χ3n) is 4.53. The van der Waals surface area contributed by atoms with Gasteiger partial charge in [0, 0.05) is 16.6 Å². The number of imidazole rings is 1. The lowest BCUT2D eigenvalue weighted by atomic mass is 10.0. The minimum Gasteiger partial charge on any atom is -0.461 e. The van der Waals surface area contributed by atoms with Crippen molar-refractivity contribution in [3.05, 3.63) is 69.9 Å². The average Bonchev–Trinajstić information content (AvgIpc) is 3.07. The molecule has 0 saturated heterocycles. The highest BCUT2D eigenvalue weighted by atomic mass is 79.9. The Bertz CT molecular complexity index is 1000. The molecule has 1 atom stereocenters. The van der Waals surface area contributed by atoms with Crippen molar-refractivity contribution in [3.63, 3.8) is 0 Å². The van der Waals surface area contributed by atoms with Crippen molar-refractivity contribution in [1.82, 2.24) is 14.9 Å². The van der Waals surface area contributed by atoms with Crippen LogP contribution in [0.3, 0.4) is 0 Å². The van der Waals surface area contributed by atoms with E-state index in [1.165, 1.54) is 0 Å². The maximum absolute atomic E-state index is 12.4. The summed E-state index contributed by atoms with van der Waals surface area (Å²) in [6.07, 6.45) is 7.77. The summed E-state index contributed by atoms with van der Waals surface area (Å²) in [6, 6.07) is 5.76. The van der Waals surface area contributed by atoms with Crippen molar-refractivity contribution in [1.29, 1.82) is 0 Å². The first-order valence-electron chi connectivity index (χ1n) is 8.83. The van der Waals surface area contributed by atoms with Gasteiger partial charge in [-0.1, -0.05) is 28.1 Å². The normalized spacial score (nSPS) is 17.8. The number of aliphatic imine (C=N–C) groups is 1. The first-order chi connectivity index (χ1) is 13.1. The number of carbonyl (C=O) groups excluding carboxylic acids is 1. The molecule has 0 spiro atoms. The van der Waals surface area contributed by atoms with E-state index in [9.17, 15) is 4.79 Å². The molecule has 1 aromatic heterocycles. The van der Waals surface area contributed by atoms with Crippen LogP contribution in [0.25, 0.3) is 5.69 Å². The molecule has 3 heterocycles. The quantitative estimate of drug-likeness (QED) is 0.759. The summed E-state index contributed by atoms with van der Waals surface area (Å²) in [5.41, 5.74) is 4.77. The maximum Gasteiger partial charge on any atom is 0.358 e. The van der Waals surface area contributed by atoms with Gasteiger partial charge in [-0.05, 0) is 38.1 Å². The maximum atomic E-state index is 12.4. The molecule has 7 heteroatoms. The second kappa shape index (κ2) is 7.15. The zero-order valence-electron chi connectivity index (χ0n) is 15.1. The van der Waals surface area contributed by atoms with Crippen LogP contribution in [0.5, 0.6) is 0 Å². The van der Waals surface area contributed by atoms with E-state index in [1.54, 1.807) is 13.3 Å². The second-order valence-electron chi connectivity index (χ2n) is 6.27. The van der Waals surface area contributed by atoms with Gasteiger partial charge in [-0.3, -0.25) is 9.56 Å². The number of dihydropyridines is 1. The number of benzene rings is 1. The van der Waals surface area contributed by atoms with Crippen LogP contribution in [0, 0.1) is 0 Å². The van der Waals surface area contributed by atoms with Crippen LogP contribution in [-0.2, 0) is 4.74 Å². The Morgan fingerprint density at radius 1 is 1.44 bits per heavy atom. The highest BCUT2D eigenvalue weighted by molar-refractivity contribution is 9.10. The second-order valence-corrected chi connectivity index (χ2v) is 7.19. The molecule has 2 aliphatic rings. The smallest absolute Gasteiger partial charge is 0.358 e. The van der Waals surface area contributed by atoms with Gasteiger partial charge in [0.25, 0.3) is 0 Å².